The minimum atomic E-state index is -1.31. The summed E-state index contributed by atoms with van der Waals surface area (Å²) in [6.07, 6.45) is 4.51. The topological polar surface area (TPSA) is 179 Å². The van der Waals surface area contributed by atoms with Gasteiger partial charge in [0.15, 0.2) is 6.29 Å². The number of esters is 2. The molecule has 0 aromatic heterocycles. The summed E-state index contributed by atoms with van der Waals surface area (Å²) in [4.78, 5) is 49.3. The number of carboxylic acid groups (broad SMARTS) is 2. The van der Waals surface area contributed by atoms with Gasteiger partial charge in [-0.3, -0.25) is 9.59 Å². The Labute approximate surface area is 310 Å². The zero-order valence-corrected chi connectivity index (χ0v) is 32.9. The van der Waals surface area contributed by atoms with Gasteiger partial charge in [0.1, 0.15) is 12.2 Å². The van der Waals surface area contributed by atoms with Crippen LogP contribution in [0.15, 0.2) is 12.2 Å². The van der Waals surface area contributed by atoms with Crippen LogP contribution in [0, 0.1) is 35.5 Å². The summed E-state index contributed by atoms with van der Waals surface area (Å²) in [6.45, 7) is 12.1. The van der Waals surface area contributed by atoms with Crippen LogP contribution in [0.5, 0.6) is 0 Å². The van der Waals surface area contributed by atoms with Crippen molar-refractivity contribution in [3.63, 3.8) is 0 Å². The molecule has 2 rings (SSSR count). The van der Waals surface area contributed by atoms with E-state index in [0.29, 0.717) is 25.7 Å². The molecule has 1 fully saturated rings. The molecule has 300 valence electrons. The highest BCUT2D eigenvalue weighted by Gasteiger charge is 2.41. The molecule has 2 aliphatic rings. The number of hydrogen-bond acceptors (Lipinski definition) is 13. The van der Waals surface area contributed by atoms with Crippen LogP contribution >= 0.6 is 0 Å². The fourth-order valence-corrected chi connectivity index (χ4v) is 8.31. The fourth-order valence-electron chi connectivity index (χ4n) is 8.31. The van der Waals surface area contributed by atoms with E-state index in [1.165, 1.54) is 13.8 Å². The Balaban J connectivity index is 2.36. The number of methoxy groups -OCH3 is 3. The molecular weight excluding hydrogens is 676 g/mol. The minimum absolute atomic E-state index is 0.0416. The Morgan fingerprint density at radius 2 is 1.37 bits per heavy atom. The maximum atomic E-state index is 12.5. The average Bonchev–Trinajstić information content (AvgIpc) is 3.08. The predicted molar refractivity (Wildman–Crippen MR) is 187 cm³/mol. The molecule has 14 atom stereocenters. The Morgan fingerprint density at radius 1 is 0.769 bits per heavy atom. The van der Waals surface area contributed by atoms with Gasteiger partial charge in [-0.25, -0.2) is 0 Å². The number of carbonyl (C=O) groups is 4. The van der Waals surface area contributed by atoms with Gasteiger partial charge in [0, 0.05) is 65.9 Å². The summed E-state index contributed by atoms with van der Waals surface area (Å²) in [6, 6.07) is 0. The molecule has 1 saturated heterocycles. The third-order valence-electron chi connectivity index (χ3n) is 11.3. The first kappa shape index (κ1) is 45.6. The van der Waals surface area contributed by atoms with E-state index in [-0.39, 0.29) is 49.1 Å². The molecule has 0 aromatic rings. The summed E-state index contributed by atoms with van der Waals surface area (Å²) in [7, 11) is 4.81. The van der Waals surface area contributed by atoms with E-state index >= 15 is 0 Å². The first-order valence-electron chi connectivity index (χ1n) is 18.8. The maximum Gasteiger partial charge on any atom is 0.302 e. The molecule has 2 heterocycles. The van der Waals surface area contributed by atoms with Crippen LogP contribution in [-0.4, -0.2) is 94.2 Å². The van der Waals surface area contributed by atoms with Crippen molar-refractivity contribution < 1.29 is 62.5 Å². The van der Waals surface area contributed by atoms with Gasteiger partial charge in [-0.15, -0.1) is 0 Å². The first-order valence-corrected chi connectivity index (χ1v) is 18.8. The van der Waals surface area contributed by atoms with Crippen molar-refractivity contribution in [2.75, 3.05) is 21.3 Å². The van der Waals surface area contributed by atoms with E-state index in [1.807, 2.05) is 39.8 Å². The second-order valence-corrected chi connectivity index (χ2v) is 15.1. The number of carbonyl (C=O) groups excluding carboxylic acids is 4. The Morgan fingerprint density at radius 3 is 1.90 bits per heavy atom. The lowest BCUT2D eigenvalue weighted by molar-refractivity contribution is -0.308. The molecule has 0 amide bonds. The third kappa shape index (κ3) is 15.0. The molecule has 0 bridgehead atoms. The van der Waals surface area contributed by atoms with Gasteiger partial charge in [0.05, 0.1) is 30.5 Å². The van der Waals surface area contributed by atoms with Crippen LogP contribution in [0.25, 0.3) is 0 Å². The highest BCUT2D eigenvalue weighted by molar-refractivity contribution is 5.67. The molecule has 0 saturated carbocycles. The molecule has 0 N–H and O–H groups in total. The Bertz CT molecular complexity index is 1140. The van der Waals surface area contributed by atoms with Crippen molar-refractivity contribution in [2.45, 2.75) is 155 Å². The van der Waals surface area contributed by atoms with Crippen molar-refractivity contribution in [1.29, 1.82) is 0 Å². The van der Waals surface area contributed by atoms with Crippen LogP contribution < -0.4 is 10.2 Å². The van der Waals surface area contributed by atoms with Crippen molar-refractivity contribution in [3.05, 3.63) is 12.2 Å². The van der Waals surface area contributed by atoms with Crippen molar-refractivity contribution in [2.24, 2.45) is 35.5 Å². The molecule has 0 aliphatic carbocycles. The minimum Gasteiger partial charge on any atom is -0.550 e. The summed E-state index contributed by atoms with van der Waals surface area (Å²) in [5, 5.41) is 24.4. The van der Waals surface area contributed by atoms with Gasteiger partial charge in [-0.1, -0.05) is 33.8 Å². The molecule has 13 heteroatoms. The van der Waals surface area contributed by atoms with Crippen molar-refractivity contribution in [1.82, 2.24) is 0 Å². The van der Waals surface area contributed by atoms with Gasteiger partial charge < -0.3 is 53.0 Å². The Kier molecular flexibility index (Phi) is 19.8. The van der Waals surface area contributed by atoms with E-state index in [9.17, 15) is 29.4 Å². The van der Waals surface area contributed by atoms with Crippen LogP contribution in [0.3, 0.4) is 0 Å². The number of hydrogen-bond donors (Lipinski definition) is 0. The van der Waals surface area contributed by atoms with Crippen molar-refractivity contribution in [3.8, 4) is 0 Å². The highest BCUT2D eigenvalue weighted by atomic mass is 16.7. The molecule has 52 heavy (non-hydrogen) atoms. The average molecular weight is 741 g/mol. The first-order chi connectivity index (χ1) is 24.5. The van der Waals surface area contributed by atoms with Gasteiger partial charge >= 0.3 is 11.9 Å². The summed E-state index contributed by atoms with van der Waals surface area (Å²) >= 11 is 0. The highest BCUT2D eigenvalue weighted by Crippen LogP contribution is 2.41. The quantitative estimate of drug-likeness (QED) is 0.110. The zero-order chi connectivity index (χ0) is 39.1. The van der Waals surface area contributed by atoms with E-state index in [1.54, 1.807) is 28.3 Å². The summed E-state index contributed by atoms with van der Waals surface area (Å²) in [5.41, 5.74) is 0. The van der Waals surface area contributed by atoms with Crippen LogP contribution in [-0.2, 0) is 52.3 Å². The number of aliphatic carboxylic acids is 2. The fraction of sp³-hybridized carbons (Fsp3) is 0.846. The smallest absolute Gasteiger partial charge is 0.302 e. The standard InChI is InChI=1S/C39H66O13/c1-22(14-15-30-17-31(46-8)16-23(2)49-30)32(19-37(42)43)24(3)33(20-38(44)45)25(4)35(50-27(6)40)21-36(51-28(7)41)26(5)34(47-9)18-29-12-11-13-39(48-10)52-29/h11,13,22-26,29-36,39H,12,14-21H2,1-10H3,(H,42,43)(H,44,45)/p-2/t22-,23-,24-,25-,26+,29-,30-,31+,32-,33-,34-,35+,36-,39-/m0/s1. The number of carboxylic acids is 2. The van der Waals surface area contributed by atoms with Crippen LogP contribution in [0.2, 0.25) is 0 Å². The third-order valence-corrected chi connectivity index (χ3v) is 11.3. The van der Waals surface area contributed by atoms with E-state index < -0.39 is 78.6 Å². The normalized spacial score (nSPS) is 27.2. The van der Waals surface area contributed by atoms with Gasteiger partial charge in [0.2, 0.25) is 0 Å². The molecule has 0 unspecified atom stereocenters. The second kappa shape index (κ2) is 22.6. The molecule has 0 spiro atoms. The van der Waals surface area contributed by atoms with Gasteiger partial charge in [0.25, 0.3) is 0 Å². The molecule has 0 radical (unpaired) electrons. The lowest BCUT2D eigenvalue weighted by atomic mass is 9.67. The lowest BCUT2D eigenvalue weighted by Crippen LogP contribution is -2.44. The Hall–Kier alpha value is -2.58. The molecule has 2 aliphatic heterocycles. The van der Waals surface area contributed by atoms with Crippen LogP contribution in [0.4, 0.5) is 0 Å². The van der Waals surface area contributed by atoms with Crippen molar-refractivity contribution >= 4 is 23.9 Å². The summed E-state index contributed by atoms with van der Waals surface area (Å²) in [5.74, 6) is -6.36. The molecule has 0 aromatic carbocycles. The monoisotopic (exact) mass is 740 g/mol. The van der Waals surface area contributed by atoms with E-state index in [2.05, 4.69) is 0 Å². The zero-order valence-electron chi connectivity index (χ0n) is 32.9. The number of rotatable bonds is 23. The van der Waals surface area contributed by atoms with Gasteiger partial charge in [-0.05, 0) is 87.5 Å². The molecular formula is C39H64O13-2. The predicted octanol–water partition coefficient (Wildman–Crippen LogP) is 3.38. The SMILES string of the molecule is CO[C@H]1C[C@H](CC[C@H](C)[C@H](CC(=O)[O-])[C@H](C)[C@H](CC(=O)[O-])[C@H](C)[C@@H](C[C@H](OC(C)=O)[C@H](C)[C@H](C[C@@H]2CC=C[C@@H](OC)O2)OC)OC(C)=O)O[C@@H](C)C1. The lowest BCUT2D eigenvalue weighted by Gasteiger charge is -2.42. The molecule has 13 nitrogen and oxygen atoms in total. The largest absolute Gasteiger partial charge is 0.550 e. The number of ether oxygens (including phenoxy) is 7. The second-order valence-electron chi connectivity index (χ2n) is 15.1. The summed E-state index contributed by atoms with van der Waals surface area (Å²) < 4.78 is 40.7. The van der Waals surface area contributed by atoms with E-state index in [0.717, 1.165) is 12.8 Å². The van der Waals surface area contributed by atoms with Crippen LogP contribution in [0.1, 0.15) is 106 Å². The maximum absolute atomic E-state index is 12.5. The van der Waals surface area contributed by atoms with Gasteiger partial charge in [-0.2, -0.15) is 0 Å². The van der Waals surface area contributed by atoms with E-state index in [4.69, 9.17) is 33.2 Å².